The van der Waals surface area contributed by atoms with Gasteiger partial charge in [-0.3, -0.25) is 0 Å². The standard InChI is InChI=1S/C20H26ClNO2/c1-19(2,3)15-5-9-17(10-6-15)22-13-20(4,23)14-24-18-11-7-16(21)8-12-18/h5-12,22-23H,13-14H2,1-4H3. The summed E-state index contributed by atoms with van der Waals surface area (Å²) in [5.74, 6) is 0.689. The van der Waals surface area contributed by atoms with E-state index in [4.69, 9.17) is 16.3 Å². The van der Waals surface area contributed by atoms with Gasteiger partial charge in [0.25, 0.3) is 0 Å². The zero-order valence-electron chi connectivity index (χ0n) is 14.8. The molecule has 2 aromatic carbocycles. The number of ether oxygens (including phenoxy) is 1. The maximum absolute atomic E-state index is 10.5. The van der Waals surface area contributed by atoms with Crippen molar-refractivity contribution in [2.24, 2.45) is 0 Å². The van der Waals surface area contributed by atoms with Crippen LogP contribution in [-0.4, -0.2) is 23.9 Å². The Bertz CT molecular complexity index is 643. The van der Waals surface area contributed by atoms with Gasteiger partial charge in [-0.15, -0.1) is 0 Å². The van der Waals surface area contributed by atoms with E-state index in [-0.39, 0.29) is 12.0 Å². The second-order valence-corrected chi connectivity index (χ2v) is 7.86. The van der Waals surface area contributed by atoms with Gasteiger partial charge in [-0.1, -0.05) is 44.5 Å². The molecule has 1 atom stereocenters. The normalized spacial score (nSPS) is 14.1. The molecule has 0 spiro atoms. The van der Waals surface area contributed by atoms with E-state index in [1.807, 2.05) is 12.1 Å². The predicted octanol–water partition coefficient (Wildman–Crippen LogP) is 4.88. The largest absolute Gasteiger partial charge is 0.491 e. The average molecular weight is 348 g/mol. The van der Waals surface area contributed by atoms with E-state index in [1.54, 1.807) is 31.2 Å². The summed E-state index contributed by atoms with van der Waals surface area (Å²) in [5.41, 5.74) is 1.42. The summed E-state index contributed by atoms with van der Waals surface area (Å²) in [6.07, 6.45) is 0. The maximum atomic E-state index is 10.5. The van der Waals surface area contributed by atoms with E-state index in [9.17, 15) is 5.11 Å². The number of halogens is 1. The first-order chi connectivity index (χ1) is 11.2. The van der Waals surface area contributed by atoms with Crippen LogP contribution in [0.15, 0.2) is 48.5 Å². The number of anilines is 1. The molecular weight excluding hydrogens is 322 g/mol. The molecule has 3 nitrogen and oxygen atoms in total. The summed E-state index contributed by atoms with van der Waals surface area (Å²) in [5, 5.41) is 14.4. The smallest absolute Gasteiger partial charge is 0.119 e. The van der Waals surface area contributed by atoms with Crippen molar-refractivity contribution in [3.63, 3.8) is 0 Å². The maximum Gasteiger partial charge on any atom is 0.119 e. The SMILES string of the molecule is CC(O)(CNc1ccc(C(C)(C)C)cc1)COc1ccc(Cl)cc1. The first kappa shape index (κ1) is 18.6. The molecule has 0 saturated heterocycles. The van der Waals surface area contributed by atoms with E-state index in [0.717, 1.165) is 5.69 Å². The molecule has 0 aliphatic rings. The van der Waals surface area contributed by atoms with E-state index < -0.39 is 5.60 Å². The van der Waals surface area contributed by atoms with Gasteiger partial charge < -0.3 is 15.2 Å². The summed E-state index contributed by atoms with van der Waals surface area (Å²) in [6, 6.07) is 15.4. The van der Waals surface area contributed by atoms with Gasteiger partial charge in [0.1, 0.15) is 18.0 Å². The highest BCUT2D eigenvalue weighted by molar-refractivity contribution is 6.30. The Kier molecular flexibility index (Phi) is 5.79. The van der Waals surface area contributed by atoms with Crippen LogP contribution in [0.4, 0.5) is 5.69 Å². The number of rotatable bonds is 6. The van der Waals surface area contributed by atoms with Crippen molar-refractivity contribution in [1.82, 2.24) is 0 Å². The van der Waals surface area contributed by atoms with Crippen molar-refractivity contribution in [2.75, 3.05) is 18.5 Å². The van der Waals surface area contributed by atoms with Crippen LogP contribution < -0.4 is 10.1 Å². The van der Waals surface area contributed by atoms with Crippen LogP contribution in [-0.2, 0) is 5.41 Å². The minimum atomic E-state index is -0.984. The first-order valence-electron chi connectivity index (χ1n) is 8.11. The fraction of sp³-hybridized carbons (Fsp3) is 0.400. The molecular formula is C20H26ClNO2. The molecule has 2 rings (SSSR count). The third-order valence-electron chi connectivity index (χ3n) is 3.79. The van der Waals surface area contributed by atoms with Gasteiger partial charge in [0, 0.05) is 17.3 Å². The van der Waals surface area contributed by atoms with Crippen LogP contribution in [0.3, 0.4) is 0 Å². The molecule has 2 N–H and O–H groups in total. The topological polar surface area (TPSA) is 41.5 Å². The highest BCUT2D eigenvalue weighted by atomic mass is 35.5. The van der Waals surface area contributed by atoms with E-state index in [0.29, 0.717) is 17.3 Å². The molecule has 0 aromatic heterocycles. The van der Waals surface area contributed by atoms with Crippen LogP contribution in [0, 0.1) is 0 Å². The fourth-order valence-corrected chi connectivity index (χ4v) is 2.33. The number of nitrogens with one attached hydrogen (secondary N) is 1. The quantitative estimate of drug-likeness (QED) is 0.782. The zero-order chi connectivity index (χ0) is 17.8. The molecule has 0 aliphatic carbocycles. The number of benzene rings is 2. The Balaban J connectivity index is 1.86. The van der Waals surface area contributed by atoms with Gasteiger partial charge in [0.2, 0.25) is 0 Å². The molecule has 4 heteroatoms. The molecule has 130 valence electrons. The molecule has 0 amide bonds. The van der Waals surface area contributed by atoms with Crippen LogP contribution in [0.5, 0.6) is 5.75 Å². The monoisotopic (exact) mass is 347 g/mol. The minimum absolute atomic E-state index is 0.135. The molecule has 0 heterocycles. The molecule has 0 radical (unpaired) electrons. The van der Waals surface area contributed by atoms with Gasteiger partial charge in [0.15, 0.2) is 0 Å². The van der Waals surface area contributed by atoms with Crippen molar-refractivity contribution in [1.29, 1.82) is 0 Å². The highest BCUT2D eigenvalue weighted by Gasteiger charge is 2.21. The summed E-state index contributed by atoms with van der Waals surface area (Å²) in [6.45, 7) is 8.91. The number of hydrogen-bond donors (Lipinski definition) is 2. The van der Waals surface area contributed by atoms with Crippen LogP contribution in [0.1, 0.15) is 33.3 Å². The first-order valence-corrected chi connectivity index (χ1v) is 8.49. The van der Waals surface area contributed by atoms with E-state index in [1.165, 1.54) is 5.56 Å². The predicted molar refractivity (Wildman–Crippen MR) is 101 cm³/mol. The van der Waals surface area contributed by atoms with Crippen LogP contribution in [0.25, 0.3) is 0 Å². The van der Waals surface area contributed by atoms with Gasteiger partial charge in [-0.25, -0.2) is 0 Å². The lowest BCUT2D eigenvalue weighted by molar-refractivity contribution is 0.0232. The van der Waals surface area contributed by atoms with Gasteiger partial charge >= 0.3 is 0 Å². The molecule has 24 heavy (non-hydrogen) atoms. The molecule has 0 bridgehead atoms. The van der Waals surface area contributed by atoms with Gasteiger partial charge in [-0.2, -0.15) is 0 Å². The zero-order valence-corrected chi connectivity index (χ0v) is 15.5. The molecule has 2 aromatic rings. The van der Waals surface area contributed by atoms with Crippen molar-refractivity contribution < 1.29 is 9.84 Å². The lowest BCUT2D eigenvalue weighted by Gasteiger charge is -2.25. The molecule has 0 fully saturated rings. The second kappa shape index (κ2) is 7.45. The third kappa shape index (κ3) is 5.73. The van der Waals surface area contributed by atoms with Crippen molar-refractivity contribution >= 4 is 17.3 Å². The fourth-order valence-electron chi connectivity index (χ4n) is 2.20. The molecule has 0 saturated carbocycles. The van der Waals surface area contributed by atoms with E-state index in [2.05, 4.69) is 38.2 Å². The van der Waals surface area contributed by atoms with Crippen molar-refractivity contribution in [3.8, 4) is 5.75 Å². The van der Waals surface area contributed by atoms with Crippen molar-refractivity contribution in [2.45, 2.75) is 38.7 Å². The van der Waals surface area contributed by atoms with Crippen LogP contribution >= 0.6 is 11.6 Å². The Morgan fingerprint density at radius 2 is 1.54 bits per heavy atom. The highest BCUT2D eigenvalue weighted by Crippen LogP contribution is 2.24. The second-order valence-electron chi connectivity index (χ2n) is 7.42. The minimum Gasteiger partial charge on any atom is -0.491 e. The Morgan fingerprint density at radius 3 is 2.08 bits per heavy atom. The summed E-state index contributed by atoms with van der Waals surface area (Å²) in [7, 11) is 0. The summed E-state index contributed by atoms with van der Waals surface area (Å²) >= 11 is 5.84. The van der Waals surface area contributed by atoms with E-state index >= 15 is 0 Å². The molecule has 1 unspecified atom stereocenters. The lowest BCUT2D eigenvalue weighted by atomic mass is 9.87. The van der Waals surface area contributed by atoms with Crippen LogP contribution in [0.2, 0.25) is 5.02 Å². The number of hydrogen-bond acceptors (Lipinski definition) is 3. The average Bonchev–Trinajstić information content (AvgIpc) is 2.52. The van der Waals surface area contributed by atoms with Gasteiger partial charge in [-0.05, 0) is 54.3 Å². The Labute approximate surface area is 149 Å². The lowest BCUT2D eigenvalue weighted by Crippen LogP contribution is -2.39. The summed E-state index contributed by atoms with van der Waals surface area (Å²) < 4.78 is 5.63. The summed E-state index contributed by atoms with van der Waals surface area (Å²) in [4.78, 5) is 0. The Morgan fingerprint density at radius 1 is 0.958 bits per heavy atom. The Hall–Kier alpha value is -1.71. The number of aliphatic hydroxyl groups is 1. The van der Waals surface area contributed by atoms with Gasteiger partial charge in [0.05, 0.1) is 0 Å². The van der Waals surface area contributed by atoms with Crippen molar-refractivity contribution in [3.05, 3.63) is 59.1 Å². The third-order valence-corrected chi connectivity index (χ3v) is 4.04. The molecule has 0 aliphatic heterocycles.